The number of halogens is 1. The Hall–Kier alpha value is -1.17. The maximum Gasteiger partial charge on any atom is 0.240 e. The molecule has 2 aromatic carbocycles. The van der Waals surface area contributed by atoms with Gasteiger partial charge in [0.25, 0.3) is 0 Å². The minimum Gasteiger partial charge on any atom is -0.211 e. The molecule has 0 unspecified atom stereocenters. The van der Waals surface area contributed by atoms with E-state index in [0.29, 0.717) is 17.9 Å². The molecule has 0 aliphatic rings. The second-order valence-corrected chi connectivity index (χ2v) is 6.77. The second kappa shape index (κ2) is 6.32. The summed E-state index contributed by atoms with van der Waals surface area (Å²) in [5, 5.41) is 0. The van der Waals surface area contributed by atoms with Crippen LogP contribution in [0.15, 0.2) is 64.0 Å². The third-order valence-corrected chi connectivity index (χ3v) is 4.68. The maximum absolute atomic E-state index is 12.0. The molecule has 0 atom stereocenters. The van der Waals surface area contributed by atoms with Gasteiger partial charge in [0.15, 0.2) is 0 Å². The van der Waals surface area contributed by atoms with E-state index in [2.05, 4.69) is 20.7 Å². The molecule has 2 rings (SSSR count). The quantitative estimate of drug-likeness (QED) is 0.910. The molecule has 0 fully saturated rings. The van der Waals surface area contributed by atoms with Gasteiger partial charge in [-0.3, -0.25) is 0 Å². The molecule has 3 nitrogen and oxygen atoms in total. The van der Waals surface area contributed by atoms with Crippen molar-refractivity contribution in [2.24, 2.45) is 0 Å². The predicted octanol–water partition coefficient (Wildman–Crippen LogP) is 2.97. The SMILES string of the molecule is O=S(=O)(NCCc1ccc(Br)cc1)c1ccccc1. The Labute approximate surface area is 121 Å². The Balaban J connectivity index is 1.94. The van der Waals surface area contributed by atoms with Gasteiger partial charge in [-0.15, -0.1) is 0 Å². The topological polar surface area (TPSA) is 46.2 Å². The first-order chi connectivity index (χ1) is 9.08. The van der Waals surface area contributed by atoms with Crippen molar-refractivity contribution in [2.75, 3.05) is 6.54 Å². The molecule has 0 spiro atoms. The molecule has 5 heteroatoms. The number of benzene rings is 2. The van der Waals surface area contributed by atoms with Crippen LogP contribution >= 0.6 is 15.9 Å². The van der Waals surface area contributed by atoms with Crippen LogP contribution in [0.5, 0.6) is 0 Å². The zero-order valence-electron chi connectivity index (χ0n) is 10.2. The van der Waals surface area contributed by atoms with Crippen molar-refractivity contribution in [2.45, 2.75) is 11.3 Å². The van der Waals surface area contributed by atoms with Crippen LogP contribution < -0.4 is 4.72 Å². The lowest BCUT2D eigenvalue weighted by Crippen LogP contribution is -2.25. The molecule has 0 heterocycles. The summed E-state index contributed by atoms with van der Waals surface area (Å²) in [6, 6.07) is 16.2. The van der Waals surface area contributed by atoms with Crippen LogP contribution in [0, 0.1) is 0 Å². The molecule has 0 aromatic heterocycles. The summed E-state index contributed by atoms with van der Waals surface area (Å²) in [5.41, 5.74) is 1.10. The van der Waals surface area contributed by atoms with Crippen molar-refractivity contribution in [1.29, 1.82) is 0 Å². The van der Waals surface area contributed by atoms with E-state index in [1.54, 1.807) is 30.3 Å². The fourth-order valence-electron chi connectivity index (χ4n) is 1.66. The minimum atomic E-state index is -3.40. The highest BCUT2D eigenvalue weighted by Gasteiger charge is 2.11. The predicted molar refractivity (Wildman–Crippen MR) is 79.5 cm³/mol. The van der Waals surface area contributed by atoms with Gasteiger partial charge >= 0.3 is 0 Å². The van der Waals surface area contributed by atoms with Crippen molar-refractivity contribution < 1.29 is 8.42 Å². The number of hydrogen-bond acceptors (Lipinski definition) is 2. The number of nitrogens with one attached hydrogen (secondary N) is 1. The lowest BCUT2D eigenvalue weighted by Gasteiger charge is -2.06. The summed E-state index contributed by atoms with van der Waals surface area (Å²) in [6.45, 7) is 0.388. The van der Waals surface area contributed by atoms with Gasteiger partial charge in [0, 0.05) is 11.0 Å². The van der Waals surface area contributed by atoms with Gasteiger partial charge < -0.3 is 0 Å². The van der Waals surface area contributed by atoms with Crippen LogP contribution in [0.4, 0.5) is 0 Å². The fraction of sp³-hybridized carbons (Fsp3) is 0.143. The van der Waals surface area contributed by atoms with E-state index in [4.69, 9.17) is 0 Å². The van der Waals surface area contributed by atoms with Crippen molar-refractivity contribution in [3.8, 4) is 0 Å². The van der Waals surface area contributed by atoms with Gasteiger partial charge in [0.05, 0.1) is 4.90 Å². The molecule has 0 bridgehead atoms. The molecular weight excluding hydrogens is 326 g/mol. The number of sulfonamides is 1. The molecule has 0 aliphatic heterocycles. The van der Waals surface area contributed by atoms with Crippen LogP contribution in [-0.2, 0) is 16.4 Å². The summed E-state index contributed by atoms with van der Waals surface area (Å²) >= 11 is 3.36. The Bertz CT molecular complexity index is 624. The molecule has 1 N–H and O–H groups in total. The van der Waals surface area contributed by atoms with E-state index in [0.717, 1.165) is 10.0 Å². The van der Waals surface area contributed by atoms with Crippen LogP contribution in [0.1, 0.15) is 5.56 Å². The third-order valence-electron chi connectivity index (χ3n) is 2.67. The van der Waals surface area contributed by atoms with E-state index >= 15 is 0 Å². The van der Waals surface area contributed by atoms with E-state index in [1.807, 2.05) is 24.3 Å². The largest absolute Gasteiger partial charge is 0.240 e. The summed E-state index contributed by atoms with van der Waals surface area (Å²) in [6.07, 6.45) is 0.666. The van der Waals surface area contributed by atoms with Gasteiger partial charge in [-0.1, -0.05) is 46.3 Å². The van der Waals surface area contributed by atoms with Crippen LogP contribution in [0.2, 0.25) is 0 Å². The first-order valence-corrected chi connectivity index (χ1v) is 8.15. The molecule has 0 radical (unpaired) electrons. The van der Waals surface area contributed by atoms with Gasteiger partial charge in [0.2, 0.25) is 10.0 Å². The zero-order valence-corrected chi connectivity index (χ0v) is 12.6. The first kappa shape index (κ1) is 14.2. The normalized spacial score (nSPS) is 11.4. The fourth-order valence-corrected chi connectivity index (χ4v) is 2.98. The highest BCUT2D eigenvalue weighted by atomic mass is 79.9. The molecule has 2 aromatic rings. The van der Waals surface area contributed by atoms with Gasteiger partial charge in [0.1, 0.15) is 0 Å². The summed E-state index contributed by atoms with van der Waals surface area (Å²) in [7, 11) is -3.40. The lowest BCUT2D eigenvalue weighted by atomic mass is 10.2. The van der Waals surface area contributed by atoms with Crippen molar-refractivity contribution in [3.63, 3.8) is 0 Å². The Morgan fingerprint density at radius 1 is 0.947 bits per heavy atom. The highest BCUT2D eigenvalue weighted by Crippen LogP contribution is 2.11. The standard InChI is InChI=1S/C14H14BrNO2S/c15-13-8-6-12(7-9-13)10-11-16-19(17,18)14-4-2-1-3-5-14/h1-9,16H,10-11H2. The van der Waals surface area contributed by atoms with E-state index in [1.165, 1.54) is 0 Å². The average molecular weight is 340 g/mol. The Morgan fingerprint density at radius 3 is 2.21 bits per heavy atom. The number of rotatable bonds is 5. The lowest BCUT2D eigenvalue weighted by molar-refractivity contribution is 0.581. The van der Waals surface area contributed by atoms with Gasteiger partial charge in [-0.05, 0) is 36.2 Å². The third kappa shape index (κ3) is 4.16. The Morgan fingerprint density at radius 2 is 1.58 bits per heavy atom. The van der Waals surface area contributed by atoms with E-state index in [-0.39, 0.29) is 0 Å². The number of hydrogen-bond donors (Lipinski definition) is 1. The van der Waals surface area contributed by atoms with Gasteiger partial charge in [-0.25, -0.2) is 13.1 Å². The summed E-state index contributed by atoms with van der Waals surface area (Å²) in [4.78, 5) is 0.297. The maximum atomic E-state index is 12.0. The smallest absolute Gasteiger partial charge is 0.211 e. The van der Waals surface area contributed by atoms with Crippen LogP contribution in [-0.4, -0.2) is 15.0 Å². The average Bonchev–Trinajstić information content (AvgIpc) is 2.42. The van der Waals surface area contributed by atoms with Crippen LogP contribution in [0.25, 0.3) is 0 Å². The Kier molecular flexibility index (Phi) is 4.74. The van der Waals surface area contributed by atoms with Crippen LogP contribution in [0.3, 0.4) is 0 Å². The van der Waals surface area contributed by atoms with E-state index in [9.17, 15) is 8.42 Å². The zero-order chi connectivity index (χ0) is 13.7. The minimum absolute atomic E-state index is 0.297. The van der Waals surface area contributed by atoms with Gasteiger partial charge in [-0.2, -0.15) is 0 Å². The molecule has 0 amide bonds. The van der Waals surface area contributed by atoms with Crippen molar-refractivity contribution in [3.05, 3.63) is 64.6 Å². The molecule has 19 heavy (non-hydrogen) atoms. The molecule has 100 valence electrons. The first-order valence-electron chi connectivity index (χ1n) is 5.87. The molecule has 0 saturated heterocycles. The molecule has 0 aliphatic carbocycles. The second-order valence-electron chi connectivity index (χ2n) is 4.09. The molecular formula is C14H14BrNO2S. The summed E-state index contributed by atoms with van der Waals surface area (Å²) in [5.74, 6) is 0. The summed E-state index contributed by atoms with van der Waals surface area (Å²) < 4.78 is 27.5. The molecule has 0 saturated carbocycles. The van der Waals surface area contributed by atoms with Crippen molar-refractivity contribution in [1.82, 2.24) is 4.72 Å². The highest BCUT2D eigenvalue weighted by molar-refractivity contribution is 9.10. The van der Waals surface area contributed by atoms with E-state index < -0.39 is 10.0 Å². The van der Waals surface area contributed by atoms with Crippen molar-refractivity contribution >= 4 is 26.0 Å². The monoisotopic (exact) mass is 339 g/mol.